The number of nitrogens with one attached hydrogen (secondary N) is 1. The predicted molar refractivity (Wildman–Crippen MR) is 106 cm³/mol. The van der Waals surface area contributed by atoms with E-state index in [2.05, 4.69) is 5.32 Å². The number of carbonyl (C=O) groups is 1. The van der Waals surface area contributed by atoms with Crippen LogP contribution >= 0.6 is 23.2 Å². The van der Waals surface area contributed by atoms with Crippen molar-refractivity contribution in [3.05, 3.63) is 69.2 Å². The second-order valence-corrected chi connectivity index (χ2v) is 6.39. The third kappa shape index (κ3) is 6.61. The molecule has 0 aliphatic heterocycles. The average molecular weight is 405 g/mol. The summed E-state index contributed by atoms with van der Waals surface area (Å²) in [6.07, 6.45) is 1.45. The van der Waals surface area contributed by atoms with Crippen molar-refractivity contribution < 1.29 is 14.3 Å². The van der Waals surface area contributed by atoms with Crippen LogP contribution in [0.1, 0.15) is 11.1 Å². The smallest absolute Gasteiger partial charge is 0.262 e. The molecule has 140 valence electrons. The van der Waals surface area contributed by atoms with Gasteiger partial charge in [0.25, 0.3) is 5.91 Å². The lowest BCUT2D eigenvalue weighted by Crippen LogP contribution is -2.27. The highest BCUT2D eigenvalue weighted by Crippen LogP contribution is 2.26. The summed E-state index contributed by atoms with van der Waals surface area (Å²) in [6.45, 7) is 0.947. The Morgan fingerprint density at radius 1 is 1.22 bits per heavy atom. The molecule has 0 saturated heterocycles. The van der Waals surface area contributed by atoms with Gasteiger partial charge < -0.3 is 14.8 Å². The summed E-state index contributed by atoms with van der Waals surface area (Å²) >= 11 is 12.0. The van der Waals surface area contributed by atoms with Crippen LogP contribution in [0.4, 0.5) is 0 Å². The number of benzene rings is 2. The van der Waals surface area contributed by atoms with Gasteiger partial charge in [-0.15, -0.1) is 0 Å². The topological polar surface area (TPSA) is 71.3 Å². The van der Waals surface area contributed by atoms with E-state index in [9.17, 15) is 10.1 Å². The average Bonchev–Trinajstić information content (AvgIpc) is 2.65. The number of ether oxygens (including phenoxy) is 2. The molecule has 27 heavy (non-hydrogen) atoms. The standard InChI is InChI=1S/C20H18Cl2N2O3/c1-26-8-7-24-20(25)16(12-23)10-15-11-18(22)5-6-19(15)27-13-14-3-2-4-17(21)9-14/h2-6,9-11H,7-8,13H2,1H3,(H,24,25)/b16-10+. The Morgan fingerprint density at radius 2 is 2.00 bits per heavy atom. The quantitative estimate of drug-likeness (QED) is 0.405. The summed E-state index contributed by atoms with van der Waals surface area (Å²) in [7, 11) is 1.53. The monoisotopic (exact) mass is 404 g/mol. The fourth-order valence-electron chi connectivity index (χ4n) is 2.22. The minimum Gasteiger partial charge on any atom is -0.488 e. The van der Waals surface area contributed by atoms with Crippen molar-refractivity contribution >= 4 is 35.2 Å². The zero-order valence-corrected chi connectivity index (χ0v) is 16.2. The lowest BCUT2D eigenvalue weighted by atomic mass is 10.1. The highest BCUT2D eigenvalue weighted by molar-refractivity contribution is 6.31. The van der Waals surface area contributed by atoms with Gasteiger partial charge in [0.2, 0.25) is 0 Å². The molecule has 0 heterocycles. The van der Waals surface area contributed by atoms with Crippen molar-refractivity contribution in [2.45, 2.75) is 6.61 Å². The number of nitriles is 1. The van der Waals surface area contributed by atoms with Crippen molar-refractivity contribution in [2.75, 3.05) is 20.3 Å². The van der Waals surface area contributed by atoms with E-state index in [4.69, 9.17) is 32.7 Å². The molecule has 0 spiro atoms. The summed E-state index contributed by atoms with van der Waals surface area (Å²) in [4.78, 5) is 12.1. The molecule has 0 aliphatic carbocycles. The van der Waals surface area contributed by atoms with Crippen LogP contribution < -0.4 is 10.1 Å². The summed E-state index contributed by atoms with van der Waals surface area (Å²) in [5, 5.41) is 13.0. The summed E-state index contributed by atoms with van der Waals surface area (Å²) < 4.78 is 10.7. The highest BCUT2D eigenvalue weighted by Gasteiger charge is 2.11. The van der Waals surface area contributed by atoms with E-state index in [1.54, 1.807) is 30.3 Å². The summed E-state index contributed by atoms with van der Waals surface area (Å²) in [6, 6.07) is 14.2. The number of hydrogen-bond donors (Lipinski definition) is 1. The molecule has 0 aromatic heterocycles. The van der Waals surface area contributed by atoms with Crippen LogP contribution in [-0.2, 0) is 16.1 Å². The summed E-state index contributed by atoms with van der Waals surface area (Å²) in [5.74, 6) is 0.00661. The second kappa shape index (κ2) is 10.6. The van der Waals surface area contributed by atoms with Gasteiger partial charge in [-0.05, 0) is 42.0 Å². The number of hydrogen-bond acceptors (Lipinski definition) is 4. The molecule has 2 rings (SSSR count). The van der Waals surface area contributed by atoms with Gasteiger partial charge in [0.1, 0.15) is 24.0 Å². The molecule has 0 fully saturated rings. The van der Waals surface area contributed by atoms with Crippen LogP contribution in [0, 0.1) is 11.3 Å². The van der Waals surface area contributed by atoms with Gasteiger partial charge in [0.15, 0.2) is 0 Å². The highest BCUT2D eigenvalue weighted by atomic mass is 35.5. The van der Waals surface area contributed by atoms with Crippen LogP contribution in [0.3, 0.4) is 0 Å². The molecule has 2 aromatic rings. The van der Waals surface area contributed by atoms with Crippen molar-refractivity contribution in [3.63, 3.8) is 0 Å². The first-order valence-electron chi connectivity index (χ1n) is 8.09. The van der Waals surface area contributed by atoms with Crippen molar-refractivity contribution in [3.8, 4) is 11.8 Å². The Balaban J connectivity index is 2.20. The van der Waals surface area contributed by atoms with Gasteiger partial charge in [-0.2, -0.15) is 5.26 Å². The van der Waals surface area contributed by atoms with Gasteiger partial charge in [0.05, 0.1) is 6.61 Å². The van der Waals surface area contributed by atoms with E-state index in [0.717, 1.165) is 5.56 Å². The number of nitrogens with zero attached hydrogens (tertiary/aromatic N) is 1. The molecule has 0 saturated carbocycles. The van der Waals surface area contributed by atoms with E-state index in [0.29, 0.717) is 34.5 Å². The zero-order chi connectivity index (χ0) is 19.6. The first-order valence-corrected chi connectivity index (χ1v) is 8.85. The summed E-state index contributed by atoms with van der Waals surface area (Å²) in [5.41, 5.74) is 1.37. The number of rotatable bonds is 8. The normalized spacial score (nSPS) is 11.0. The fraction of sp³-hybridized carbons (Fsp3) is 0.200. The molecule has 0 atom stereocenters. The van der Waals surface area contributed by atoms with Gasteiger partial charge in [-0.25, -0.2) is 0 Å². The lowest BCUT2D eigenvalue weighted by molar-refractivity contribution is -0.117. The van der Waals surface area contributed by atoms with Crippen molar-refractivity contribution in [1.82, 2.24) is 5.32 Å². The molecule has 0 bridgehead atoms. The van der Waals surface area contributed by atoms with Crippen molar-refractivity contribution in [2.24, 2.45) is 0 Å². The molecule has 1 amide bonds. The Hall–Kier alpha value is -2.52. The molecule has 7 heteroatoms. The van der Waals surface area contributed by atoms with Crippen LogP contribution in [0.25, 0.3) is 6.08 Å². The Labute approximate surface area is 168 Å². The van der Waals surface area contributed by atoms with E-state index in [1.807, 2.05) is 18.2 Å². The molecular formula is C20H18Cl2N2O3. The number of amides is 1. The van der Waals surface area contributed by atoms with Gasteiger partial charge in [-0.1, -0.05) is 35.3 Å². The third-order valence-electron chi connectivity index (χ3n) is 3.51. The number of carbonyl (C=O) groups excluding carboxylic acids is 1. The maximum absolute atomic E-state index is 12.1. The Morgan fingerprint density at radius 3 is 2.70 bits per heavy atom. The van der Waals surface area contributed by atoms with E-state index in [-0.39, 0.29) is 12.2 Å². The number of methoxy groups -OCH3 is 1. The first kappa shape index (κ1) is 20.8. The molecule has 2 aromatic carbocycles. The van der Waals surface area contributed by atoms with Crippen molar-refractivity contribution in [1.29, 1.82) is 5.26 Å². The Kier molecular flexibility index (Phi) is 8.15. The fourth-order valence-corrected chi connectivity index (χ4v) is 2.61. The molecular weight excluding hydrogens is 387 g/mol. The van der Waals surface area contributed by atoms with E-state index in [1.165, 1.54) is 13.2 Å². The van der Waals surface area contributed by atoms with E-state index < -0.39 is 5.91 Å². The van der Waals surface area contributed by atoms with Gasteiger partial charge in [0, 0.05) is 29.3 Å². The molecule has 0 radical (unpaired) electrons. The van der Waals surface area contributed by atoms with Crippen LogP contribution in [-0.4, -0.2) is 26.2 Å². The van der Waals surface area contributed by atoms with Crippen LogP contribution in [0.2, 0.25) is 10.0 Å². The minimum atomic E-state index is -0.490. The van der Waals surface area contributed by atoms with Gasteiger partial charge in [-0.3, -0.25) is 4.79 Å². The molecule has 0 aliphatic rings. The maximum Gasteiger partial charge on any atom is 0.262 e. The number of halogens is 2. The predicted octanol–water partition coefficient (Wildman–Crippen LogP) is 4.24. The largest absolute Gasteiger partial charge is 0.488 e. The van der Waals surface area contributed by atoms with Crippen LogP contribution in [0.15, 0.2) is 48.0 Å². The second-order valence-electron chi connectivity index (χ2n) is 5.52. The minimum absolute atomic E-state index is 0.0547. The van der Waals surface area contributed by atoms with Crippen LogP contribution in [0.5, 0.6) is 5.75 Å². The lowest BCUT2D eigenvalue weighted by Gasteiger charge is -2.11. The molecule has 1 N–H and O–H groups in total. The third-order valence-corrected chi connectivity index (χ3v) is 3.98. The SMILES string of the molecule is COCCNC(=O)/C(C#N)=C/c1cc(Cl)ccc1OCc1cccc(Cl)c1. The Bertz CT molecular complexity index is 876. The maximum atomic E-state index is 12.1. The molecule has 5 nitrogen and oxygen atoms in total. The van der Waals surface area contributed by atoms with E-state index >= 15 is 0 Å². The molecule has 0 unspecified atom stereocenters. The first-order chi connectivity index (χ1) is 13.0. The van der Waals surface area contributed by atoms with Gasteiger partial charge >= 0.3 is 0 Å². The zero-order valence-electron chi connectivity index (χ0n) is 14.7.